The first-order valence-electron chi connectivity index (χ1n) is 10.2. The van der Waals surface area contributed by atoms with E-state index in [0.717, 1.165) is 16.3 Å². The summed E-state index contributed by atoms with van der Waals surface area (Å²) in [7, 11) is 0. The Labute approximate surface area is 181 Å². The van der Waals surface area contributed by atoms with Crippen LogP contribution in [0.4, 0.5) is 0 Å². The van der Waals surface area contributed by atoms with E-state index in [0.29, 0.717) is 36.1 Å². The van der Waals surface area contributed by atoms with Gasteiger partial charge >= 0.3 is 0 Å². The van der Waals surface area contributed by atoms with E-state index in [4.69, 9.17) is 4.74 Å². The van der Waals surface area contributed by atoms with Gasteiger partial charge in [0.2, 0.25) is 5.78 Å². The molecule has 1 aromatic heterocycles. The first kappa shape index (κ1) is 22.0. The van der Waals surface area contributed by atoms with E-state index in [1.165, 1.54) is 11.3 Å². The van der Waals surface area contributed by atoms with Crippen LogP contribution < -0.4 is 4.74 Å². The maximum atomic E-state index is 13.4. The SMILES string of the molecule is CCCN1C(=O)C(O)=C(C(=O)c2sc(C)nc2C)C1c1ccc(OCC(C)C)cc1. The molecule has 1 atom stereocenters. The van der Waals surface area contributed by atoms with E-state index in [1.807, 2.05) is 38.1 Å². The third-order valence-corrected chi connectivity index (χ3v) is 5.97. The van der Waals surface area contributed by atoms with Crippen molar-refractivity contribution in [3.63, 3.8) is 0 Å². The zero-order valence-electron chi connectivity index (χ0n) is 18.1. The molecule has 0 fully saturated rings. The third-order valence-electron chi connectivity index (χ3n) is 4.90. The number of aryl methyl sites for hydroxylation is 2. The number of Topliss-reactive ketones (excluding diaryl/α,β-unsaturated/α-hetero) is 1. The van der Waals surface area contributed by atoms with Crippen LogP contribution in [0.2, 0.25) is 0 Å². The number of aromatic nitrogens is 1. The molecule has 0 radical (unpaired) electrons. The van der Waals surface area contributed by atoms with E-state index >= 15 is 0 Å². The van der Waals surface area contributed by atoms with Gasteiger partial charge in [-0.3, -0.25) is 9.59 Å². The lowest BCUT2D eigenvalue weighted by molar-refractivity contribution is -0.129. The average molecular weight is 429 g/mol. The topological polar surface area (TPSA) is 79.7 Å². The first-order chi connectivity index (χ1) is 14.2. The maximum absolute atomic E-state index is 13.4. The summed E-state index contributed by atoms with van der Waals surface area (Å²) < 4.78 is 5.75. The molecule has 160 valence electrons. The molecule has 1 aliphatic rings. The van der Waals surface area contributed by atoms with E-state index in [1.54, 1.807) is 11.8 Å². The molecule has 0 bridgehead atoms. The van der Waals surface area contributed by atoms with Gasteiger partial charge in [-0.05, 0) is 43.9 Å². The van der Waals surface area contributed by atoms with Gasteiger partial charge in [-0.15, -0.1) is 11.3 Å². The summed E-state index contributed by atoms with van der Waals surface area (Å²) in [5, 5.41) is 11.4. The number of carbonyl (C=O) groups is 2. The van der Waals surface area contributed by atoms with Crippen molar-refractivity contribution < 1.29 is 19.4 Å². The van der Waals surface area contributed by atoms with Gasteiger partial charge < -0.3 is 14.7 Å². The first-order valence-corrected chi connectivity index (χ1v) is 11.0. The maximum Gasteiger partial charge on any atom is 0.290 e. The minimum atomic E-state index is -0.633. The van der Waals surface area contributed by atoms with Gasteiger partial charge in [0.25, 0.3) is 5.91 Å². The predicted molar refractivity (Wildman–Crippen MR) is 117 cm³/mol. The molecule has 2 heterocycles. The molecule has 2 aromatic rings. The molecule has 30 heavy (non-hydrogen) atoms. The van der Waals surface area contributed by atoms with Crippen molar-refractivity contribution in [3.8, 4) is 5.75 Å². The highest BCUT2D eigenvalue weighted by Crippen LogP contribution is 2.40. The van der Waals surface area contributed by atoms with Crippen molar-refractivity contribution in [1.82, 2.24) is 9.88 Å². The number of benzene rings is 1. The molecule has 0 aliphatic carbocycles. The molecule has 0 saturated carbocycles. The largest absolute Gasteiger partial charge is 0.503 e. The van der Waals surface area contributed by atoms with Gasteiger partial charge in [-0.2, -0.15) is 0 Å². The molecule has 7 heteroatoms. The third kappa shape index (κ3) is 4.26. The summed E-state index contributed by atoms with van der Waals surface area (Å²) in [6, 6.07) is 6.75. The van der Waals surface area contributed by atoms with Gasteiger partial charge in [-0.1, -0.05) is 32.9 Å². The van der Waals surface area contributed by atoms with E-state index in [9.17, 15) is 14.7 Å². The predicted octanol–water partition coefficient (Wildman–Crippen LogP) is 4.78. The molecule has 1 amide bonds. The summed E-state index contributed by atoms with van der Waals surface area (Å²) >= 11 is 1.28. The van der Waals surface area contributed by atoms with E-state index < -0.39 is 17.7 Å². The molecular weight excluding hydrogens is 400 g/mol. The number of aliphatic hydroxyl groups excluding tert-OH is 1. The Bertz CT molecular complexity index is 976. The number of hydrogen-bond donors (Lipinski definition) is 1. The molecule has 6 nitrogen and oxygen atoms in total. The number of hydrogen-bond acceptors (Lipinski definition) is 6. The quantitative estimate of drug-likeness (QED) is 0.612. The molecule has 1 aliphatic heterocycles. The Morgan fingerprint density at radius 3 is 2.47 bits per heavy atom. The second-order valence-corrected chi connectivity index (χ2v) is 9.12. The molecule has 3 rings (SSSR count). The van der Waals surface area contributed by atoms with Crippen LogP contribution in [0.5, 0.6) is 5.75 Å². The number of ketones is 1. The second kappa shape index (κ2) is 9.00. The Kier molecular flexibility index (Phi) is 6.61. The van der Waals surface area contributed by atoms with Crippen LogP contribution >= 0.6 is 11.3 Å². The van der Waals surface area contributed by atoms with Gasteiger partial charge in [0.15, 0.2) is 5.76 Å². The van der Waals surface area contributed by atoms with Crippen LogP contribution in [-0.2, 0) is 4.79 Å². The zero-order valence-corrected chi connectivity index (χ0v) is 18.9. The normalized spacial score (nSPS) is 16.7. The number of thiazole rings is 1. The number of rotatable bonds is 8. The smallest absolute Gasteiger partial charge is 0.290 e. The highest BCUT2D eigenvalue weighted by Gasteiger charge is 2.44. The molecule has 0 saturated heterocycles. The van der Waals surface area contributed by atoms with Crippen LogP contribution in [-0.4, -0.2) is 39.8 Å². The Hall–Kier alpha value is -2.67. The fourth-order valence-electron chi connectivity index (χ4n) is 3.58. The van der Waals surface area contributed by atoms with Crippen molar-refractivity contribution in [3.05, 3.63) is 56.7 Å². The van der Waals surface area contributed by atoms with Crippen LogP contribution in [0, 0.1) is 19.8 Å². The number of aliphatic hydroxyl groups is 1. The van der Waals surface area contributed by atoms with Gasteiger partial charge in [0.1, 0.15) is 5.75 Å². The minimum Gasteiger partial charge on any atom is -0.503 e. The molecule has 1 unspecified atom stereocenters. The highest BCUT2D eigenvalue weighted by atomic mass is 32.1. The Balaban J connectivity index is 2.00. The van der Waals surface area contributed by atoms with Crippen molar-refractivity contribution in [2.75, 3.05) is 13.2 Å². The van der Waals surface area contributed by atoms with Crippen LogP contribution in [0.25, 0.3) is 0 Å². The minimum absolute atomic E-state index is 0.121. The molecular formula is C23H28N2O4S. The van der Waals surface area contributed by atoms with Gasteiger partial charge in [-0.25, -0.2) is 4.98 Å². The summed E-state index contributed by atoms with van der Waals surface area (Å²) in [4.78, 5) is 32.5. The van der Waals surface area contributed by atoms with Crippen LogP contribution in [0.3, 0.4) is 0 Å². The van der Waals surface area contributed by atoms with Crippen LogP contribution in [0.15, 0.2) is 35.6 Å². The summed E-state index contributed by atoms with van der Waals surface area (Å²) in [6.45, 7) is 10.8. The molecule has 0 spiro atoms. The Morgan fingerprint density at radius 1 is 1.27 bits per heavy atom. The van der Waals surface area contributed by atoms with Gasteiger partial charge in [0.05, 0.1) is 33.8 Å². The molecule has 1 aromatic carbocycles. The van der Waals surface area contributed by atoms with Crippen molar-refractivity contribution in [1.29, 1.82) is 0 Å². The van der Waals surface area contributed by atoms with E-state index in [2.05, 4.69) is 18.8 Å². The fraction of sp³-hybridized carbons (Fsp3) is 0.435. The standard InChI is InChI=1S/C23H28N2O4S/c1-6-11-25-19(16-7-9-17(10-8-16)29-12-13(2)3)18(21(27)23(25)28)20(26)22-14(4)24-15(5)30-22/h7-10,13,19,27H,6,11-12H2,1-5H3. The second-order valence-electron chi connectivity index (χ2n) is 7.91. The lowest BCUT2D eigenvalue weighted by Gasteiger charge is -2.26. The highest BCUT2D eigenvalue weighted by molar-refractivity contribution is 7.14. The number of carbonyl (C=O) groups excluding carboxylic acids is 2. The summed E-state index contributed by atoms with van der Waals surface area (Å²) in [6.07, 6.45) is 0.714. The summed E-state index contributed by atoms with van der Waals surface area (Å²) in [5.41, 5.74) is 1.50. The van der Waals surface area contributed by atoms with Gasteiger partial charge in [0, 0.05) is 6.54 Å². The van der Waals surface area contributed by atoms with Crippen molar-refractivity contribution in [2.24, 2.45) is 5.92 Å². The van der Waals surface area contributed by atoms with E-state index in [-0.39, 0.29) is 11.4 Å². The number of amides is 1. The van der Waals surface area contributed by atoms with Crippen molar-refractivity contribution in [2.45, 2.75) is 47.1 Å². The van der Waals surface area contributed by atoms with Crippen LogP contribution in [0.1, 0.15) is 59.2 Å². The van der Waals surface area contributed by atoms with Crippen molar-refractivity contribution >= 4 is 23.0 Å². The monoisotopic (exact) mass is 428 g/mol. The number of ether oxygens (including phenoxy) is 1. The summed E-state index contributed by atoms with van der Waals surface area (Å²) in [5.74, 6) is -0.179. The fourth-order valence-corrected chi connectivity index (χ4v) is 4.45. The lowest BCUT2D eigenvalue weighted by Crippen LogP contribution is -2.31. The average Bonchev–Trinajstić information content (AvgIpc) is 3.17. The number of nitrogens with zero attached hydrogens (tertiary/aromatic N) is 2. The molecule has 1 N–H and O–H groups in total. The lowest BCUT2D eigenvalue weighted by atomic mass is 9.95. The zero-order chi connectivity index (χ0) is 22.0. The Morgan fingerprint density at radius 2 is 1.93 bits per heavy atom.